The Balaban J connectivity index is 1.66. The van der Waals surface area contributed by atoms with Gasteiger partial charge in [0.25, 0.3) is 5.91 Å². The second-order valence-electron chi connectivity index (χ2n) is 6.33. The van der Waals surface area contributed by atoms with Crippen molar-refractivity contribution >= 4 is 22.9 Å². The summed E-state index contributed by atoms with van der Waals surface area (Å²) in [6, 6.07) is 10.4. The Kier molecular flexibility index (Phi) is 6.43. The van der Waals surface area contributed by atoms with E-state index in [1.54, 1.807) is 11.4 Å². The predicted molar refractivity (Wildman–Crippen MR) is 106 cm³/mol. The van der Waals surface area contributed by atoms with Crippen molar-refractivity contribution in [3.63, 3.8) is 0 Å². The van der Waals surface area contributed by atoms with Gasteiger partial charge in [-0.3, -0.25) is 4.79 Å². The molecule has 0 aliphatic heterocycles. The molecule has 0 bridgehead atoms. The molecule has 0 saturated carbocycles. The van der Waals surface area contributed by atoms with Crippen LogP contribution in [0.4, 0.5) is 18.9 Å². The number of alkyl halides is 2. The number of hydrogen-bond donors (Lipinski definition) is 1. The van der Waals surface area contributed by atoms with Gasteiger partial charge in [0.2, 0.25) is 0 Å². The van der Waals surface area contributed by atoms with Crippen LogP contribution in [0.15, 0.2) is 47.8 Å². The van der Waals surface area contributed by atoms with Crippen molar-refractivity contribution in [3.8, 4) is 11.5 Å². The zero-order valence-electron chi connectivity index (χ0n) is 15.7. The second kappa shape index (κ2) is 9.00. The number of anilines is 1. The van der Waals surface area contributed by atoms with E-state index < -0.39 is 24.1 Å². The summed E-state index contributed by atoms with van der Waals surface area (Å²) in [4.78, 5) is 12.8. The van der Waals surface area contributed by atoms with E-state index >= 15 is 0 Å². The van der Waals surface area contributed by atoms with Crippen molar-refractivity contribution < 1.29 is 27.4 Å². The lowest BCUT2D eigenvalue weighted by Gasteiger charge is -2.11. The van der Waals surface area contributed by atoms with E-state index in [0.29, 0.717) is 4.88 Å². The fraction of sp³-hybridized carbons (Fsp3) is 0.190. The molecule has 3 rings (SSSR count). The molecule has 3 aromatic rings. The number of thiophene rings is 1. The largest absolute Gasteiger partial charge is 0.489 e. The lowest BCUT2D eigenvalue weighted by atomic mass is 10.1. The minimum atomic E-state index is -3.14. The SMILES string of the molecule is Cc1ccc(OCc2csc(C(=O)Nc3ccc(F)cc3OC(F)F)c2)cc1C. The van der Waals surface area contributed by atoms with Crippen LogP contribution in [0, 0.1) is 19.7 Å². The van der Waals surface area contributed by atoms with Gasteiger partial charge < -0.3 is 14.8 Å². The predicted octanol–water partition coefficient (Wildman–Crippen LogP) is 5.94. The van der Waals surface area contributed by atoms with Crippen LogP contribution in [0.5, 0.6) is 11.5 Å². The summed E-state index contributed by atoms with van der Waals surface area (Å²) in [5.41, 5.74) is 3.04. The standard InChI is InChI=1S/C21H18F3NO3S/c1-12-3-5-16(7-13(12)2)27-10-14-8-19(29-11-14)20(26)25-17-6-4-15(22)9-18(17)28-21(23)24/h3-9,11,21H,10H2,1-2H3,(H,25,26). The molecule has 0 spiro atoms. The maximum Gasteiger partial charge on any atom is 0.387 e. The van der Waals surface area contributed by atoms with E-state index in [2.05, 4.69) is 10.1 Å². The van der Waals surface area contributed by atoms with Gasteiger partial charge in [0, 0.05) is 11.6 Å². The Morgan fingerprint density at radius 3 is 2.62 bits per heavy atom. The number of carbonyl (C=O) groups is 1. The monoisotopic (exact) mass is 421 g/mol. The molecular weight excluding hydrogens is 403 g/mol. The van der Waals surface area contributed by atoms with Crippen molar-refractivity contribution in [3.05, 3.63) is 75.2 Å². The smallest absolute Gasteiger partial charge is 0.387 e. The number of hydrogen-bond acceptors (Lipinski definition) is 4. The second-order valence-corrected chi connectivity index (χ2v) is 7.24. The van der Waals surface area contributed by atoms with Gasteiger partial charge in [0.1, 0.15) is 18.2 Å². The maximum absolute atomic E-state index is 13.3. The molecule has 0 atom stereocenters. The number of ether oxygens (including phenoxy) is 2. The Hall–Kier alpha value is -3.00. The molecule has 4 nitrogen and oxygen atoms in total. The highest BCUT2D eigenvalue weighted by molar-refractivity contribution is 7.12. The van der Waals surface area contributed by atoms with Crippen molar-refractivity contribution in [1.82, 2.24) is 0 Å². The quantitative estimate of drug-likeness (QED) is 0.514. The number of rotatable bonds is 7. The van der Waals surface area contributed by atoms with E-state index in [-0.39, 0.29) is 12.3 Å². The minimum Gasteiger partial charge on any atom is -0.489 e. The van der Waals surface area contributed by atoms with Gasteiger partial charge in [-0.05, 0) is 60.7 Å². The van der Waals surface area contributed by atoms with Gasteiger partial charge in [-0.1, -0.05) is 6.07 Å². The van der Waals surface area contributed by atoms with Gasteiger partial charge in [-0.15, -0.1) is 11.3 Å². The van der Waals surface area contributed by atoms with Crippen molar-refractivity contribution in [2.45, 2.75) is 27.1 Å². The van der Waals surface area contributed by atoms with Gasteiger partial charge in [0.15, 0.2) is 5.75 Å². The van der Waals surface area contributed by atoms with Gasteiger partial charge in [-0.2, -0.15) is 8.78 Å². The van der Waals surface area contributed by atoms with Crippen molar-refractivity contribution in [2.75, 3.05) is 5.32 Å². The van der Waals surface area contributed by atoms with Crippen LogP contribution < -0.4 is 14.8 Å². The molecule has 1 aromatic heterocycles. The fourth-order valence-electron chi connectivity index (χ4n) is 2.52. The van der Waals surface area contributed by atoms with E-state index in [1.165, 1.54) is 23.0 Å². The van der Waals surface area contributed by atoms with Crippen LogP contribution in [-0.4, -0.2) is 12.5 Å². The molecule has 0 saturated heterocycles. The maximum atomic E-state index is 13.3. The summed E-state index contributed by atoms with van der Waals surface area (Å²) in [6.07, 6.45) is 0. The summed E-state index contributed by atoms with van der Waals surface area (Å²) >= 11 is 1.19. The molecule has 1 N–H and O–H groups in total. The Bertz CT molecular complexity index is 1020. The summed E-state index contributed by atoms with van der Waals surface area (Å²) in [7, 11) is 0. The van der Waals surface area contributed by atoms with Gasteiger partial charge in [-0.25, -0.2) is 4.39 Å². The minimum absolute atomic E-state index is 0.0435. The molecule has 0 aliphatic carbocycles. The zero-order valence-corrected chi connectivity index (χ0v) is 16.5. The van der Waals surface area contributed by atoms with Crippen molar-refractivity contribution in [1.29, 1.82) is 0 Å². The first-order chi connectivity index (χ1) is 13.8. The Labute approximate surface area is 169 Å². The molecule has 1 heterocycles. The zero-order chi connectivity index (χ0) is 21.0. The first-order valence-electron chi connectivity index (χ1n) is 8.65. The third kappa shape index (κ3) is 5.51. The van der Waals surface area contributed by atoms with Crippen LogP contribution in [0.2, 0.25) is 0 Å². The van der Waals surface area contributed by atoms with Crippen LogP contribution in [0.25, 0.3) is 0 Å². The molecular formula is C21H18F3NO3S. The number of carbonyl (C=O) groups excluding carboxylic acids is 1. The van der Waals surface area contributed by atoms with E-state index in [9.17, 15) is 18.0 Å². The number of nitrogens with one attached hydrogen (secondary N) is 1. The number of amides is 1. The van der Waals surface area contributed by atoms with Crippen LogP contribution in [0.1, 0.15) is 26.4 Å². The lowest BCUT2D eigenvalue weighted by Crippen LogP contribution is -2.13. The van der Waals surface area contributed by atoms with Gasteiger partial charge >= 0.3 is 6.61 Å². The summed E-state index contributed by atoms with van der Waals surface area (Å²) < 4.78 is 48.3. The summed E-state index contributed by atoms with van der Waals surface area (Å²) in [5, 5.41) is 4.24. The summed E-state index contributed by atoms with van der Waals surface area (Å²) in [6.45, 7) is 1.16. The average molecular weight is 421 g/mol. The highest BCUT2D eigenvalue weighted by Gasteiger charge is 2.16. The topological polar surface area (TPSA) is 47.6 Å². The normalized spacial score (nSPS) is 10.8. The van der Waals surface area contributed by atoms with E-state index in [0.717, 1.165) is 29.0 Å². The van der Waals surface area contributed by atoms with E-state index in [1.807, 2.05) is 32.0 Å². The third-order valence-corrected chi connectivity index (χ3v) is 5.15. The Morgan fingerprint density at radius 1 is 1.10 bits per heavy atom. The van der Waals surface area contributed by atoms with Crippen LogP contribution in [0.3, 0.4) is 0 Å². The molecule has 1 amide bonds. The highest BCUT2D eigenvalue weighted by Crippen LogP contribution is 2.28. The van der Waals surface area contributed by atoms with Crippen molar-refractivity contribution in [2.24, 2.45) is 0 Å². The molecule has 2 aromatic carbocycles. The van der Waals surface area contributed by atoms with E-state index in [4.69, 9.17) is 4.74 Å². The molecule has 152 valence electrons. The molecule has 0 radical (unpaired) electrons. The molecule has 29 heavy (non-hydrogen) atoms. The number of benzene rings is 2. The molecule has 0 unspecified atom stereocenters. The number of aryl methyl sites for hydroxylation is 2. The highest BCUT2D eigenvalue weighted by atomic mass is 32.1. The fourth-order valence-corrected chi connectivity index (χ4v) is 3.31. The molecule has 0 aliphatic rings. The first kappa shape index (κ1) is 20.7. The molecule has 0 fully saturated rings. The van der Waals surface area contributed by atoms with Crippen LogP contribution in [-0.2, 0) is 6.61 Å². The average Bonchev–Trinajstić information content (AvgIpc) is 3.13. The number of halogens is 3. The Morgan fingerprint density at radius 2 is 1.90 bits per heavy atom. The van der Waals surface area contributed by atoms with Gasteiger partial charge in [0.05, 0.1) is 10.6 Å². The third-order valence-electron chi connectivity index (χ3n) is 4.17. The lowest BCUT2D eigenvalue weighted by molar-refractivity contribution is -0.0495. The summed E-state index contributed by atoms with van der Waals surface area (Å²) in [5.74, 6) is -0.979. The van der Waals surface area contributed by atoms with Crippen LogP contribution >= 0.6 is 11.3 Å². The first-order valence-corrected chi connectivity index (χ1v) is 9.53. The molecule has 8 heteroatoms.